The lowest BCUT2D eigenvalue weighted by atomic mass is 10.0. The van der Waals surface area contributed by atoms with Gasteiger partial charge in [0.15, 0.2) is 17.3 Å². The van der Waals surface area contributed by atoms with Gasteiger partial charge in [0.2, 0.25) is 0 Å². The molecule has 0 bridgehead atoms. The third-order valence-corrected chi connectivity index (χ3v) is 4.48. The number of rotatable bonds is 6. The number of carbonyl (C=O) groups is 1. The van der Waals surface area contributed by atoms with Gasteiger partial charge in [0.25, 0.3) is 0 Å². The predicted molar refractivity (Wildman–Crippen MR) is 118 cm³/mol. The lowest BCUT2D eigenvalue weighted by molar-refractivity contribution is 0.103. The Labute approximate surface area is 174 Å². The molecule has 0 amide bonds. The zero-order valence-corrected chi connectivity index (χ0v) is 16.1. The summed E-state index contributed by atoms with van der Waals surface area (Å²) in [4.78, 5) is 13.2. The van der Waals surface area contributed by atoms with Crippen LogP contribution in [0.25, 0.3) is 0 Å². The summed E-state index contributed by atoms with van der Waals surface area (Å²) in [7, 11) is 0. The Morgan fingerprint density at radius 1 is 0.667 bits per heavy atom. The Hall–Kier alpha value is -4.25. The zero-order chi connectivity index (χ0) is 20.9. The molecule has 0 aliphatic carbocycles. The number of nitrogen functional groups attached to an aromatic ring is 2. The Morgan fingerprint density at radius 2 is 1.30 bits per heavy atom. The minimum atomic E-state index is -0.244. The first-order valence-electron chi connectivity index (χ1n) is 9.40. The van der Waals surface area contributed by atoms with Crippen LogP contribution < -0.4 is 20.9 Å². The first kappa shape index (κ1) is 19.1. The molecule has 0 saturated carbocycles. The van der Waals surface area contributed by atoms with Crippen molar-refractivity contribution in [1.82, 2.24) is 0 Å². The molecule has 0 unspecified atom stereocenters. The summed E-state index contributed by atoms with van der Waals surface area (Å²) >= 11 is 0. The third-order valence-electron chi connectivity index (χ3n) is 4.48. The Balaban J connectivity index is 1.78. The van der Waals surface area contributed by atoms with Gasteiger partial charge in [-0.2, -0.15) is 0 Å². The van der Waals surface area contributed by atoms with Gasteiger partial charge in [-0.1, -0.05) is 48.5 Å². The van der Waals surface area contributed by atoms with Crippen molar-refractivity contribution in [1.29, 1.82) is 0 Å². The van der Waals surface area contributed by atoms with Crippen molar-refractivity contribution in [2.75, 3.05) is 11.5 Å². The number of carbonyl (C=O) groups excluding carboxylic acids is 1. The number of ketones is 1. The first-order valence-corrected chi connectivity index (χ1v) is 9.40. The van der Waals surface area contributed by atoms with Gasteiger partial charge in [0.05, 0.1) is 5.56 Å². The van der Waals surface area contributed by atoms with Crippen LogP contribution in [0.1, 0.15) is 15.9 Å². The number of anilines is 2. The summed E-state index contributed by atoms with van der Waals surface area (Å²) in [5.74, 6) is 1.58. The van der Waals surface area contributed by atoms with Crippen LogP contribution in [0.2, 0.25) is 0 Å². The molecule has 5 heteroatoms. The summed E-state index contributed by atoms with van der Waals surface area (Å²) < 4.78 is 11.9. The highest BCUT2D eigenvalue weighted by Gasteiger charge is 2.21. The van der Waals surface area contributed by atoms with Crippen molar-refractivity contribution in [3.05, 3.63) is 108 Å². The van der Waals surface area contributed by atoms with Crippen LogP contribution in [0.4, 0.5) is 11.4 Å². The molecule has 0 aromatic heterocycles. The number of ether oxygens (including phenoxy) is 2. The fraction of sp³-hybridized carbons (Fsp3) is 0. The molecule has 0 atom stereocenters. The smallest absolute Gasteiger partial charge is 0.196 e. The highest BCUT2D eigenvalue weighted by molar-refractivity contribution is 6.12. The maximum absolute atomic E-state index is 13.2. The van der Waals surface area contributed by atoms with E-state index in [4.69, 9.17) is 20.9 Å². The number of benzene rings is 4. The van der Waals surface area contributed by atoms with E-state index in [0.29, 0.717) is 34.1 Å². The molecule has 4 aromatic carbocycles. The maximum Gasteiger partial charge on any atom is 0.196 e. The Morgan fingerprint density at radius 3 is 1.93 bits per heavy atom. The molecular weight excluding hydrogens is 376 g/mol. The van der Waals surface area contributed by atoms with Gasteiger partial charge >= 0.3 is 0 Å². The summed E-state index contributed by atoms with van der Waals surface area (Å²) in [6.45, 7) is 0. The van der Waals surface area contributed by atoms with E-state index in [2.05, 4.69) is 0 Å². The molecule has 0 aliphatic heterocycles. The average Bonchev–Trinajstić information content (AvgIpc) is 2.77. The SMILES string of the molecule is Nc1cccc(C(=O)c2ccc(Oc3ccccc3)c(N)c2Oc2ccccc2)c1. The molecule has 0 fully saturated rings. The second-order valence-electron chi connectivity index (χ2n) is 6.64. The van der Waals surface area contributed by atoms with E-state index in [1.807, 2.05) is 48.5 Å². The van der Waals surface area contributed by atoms with Gasteiger partial charge in [-0.15, -0.1) is 0 Å². The van der Waals surface area contributed by atoms with Crippen LogP contribution in [0, 0.1) is 0 Å². The van der Waals surface area contributed by atoms with Crippen LogP contribution in [0.5, 0.6) is 23.0 Å². The van der Waals surface area contributed by atoms with Gasteiger partial charge in [-0.05, 0) is 48.5 Å². The largest absolute Gasteiger partial charge is 0.455 e. The normalized spacial score (nSPS) is 10.4. The van der Waals surface area contributed by atoms with Crippen molar-refractivity contribution in [2.24, 2.45) is 0 Å². The lowest BCUT2D eigenvalue weighted by Gasteiger charge is -2.17. The van der Waals surface area contributed by atoms with E-state index in [1.165, 1.54) is 0 Å². The highest BCUT2D eigenvalue weighted by Crippen LogP contribution is 2.40. The molecule has 0 aliphatic rings. The van der Waals surface area contributed by atoms with Gasteiger partial charge in [0.1, 0.15) is 17.2 Å². The number of nitrogens with two attached hydrogens (primary N) is 2. The summed E-state index contributed by atoms with van der Waals surface area (Å²) in [6.07, 6.45) is 0. The van der Waals surface area contributed by atoms with Gasteiger partial charge < -0.3 is 20.9 Å². The van der Waals surface area contributed by atoms with Crippen molar-refractivity contribution in [3.8, 4) is 23.0 Å². The number of hydrogen-bond acceptors (Lipinski definition) is 5. The Bertz CT molecular complexity index is 1180. The van der Waals surface area contributed by atoms with Crippen molar-refractivity contribution in [2.45, 2.75) is 0 Å². The minimum Gasteiger partial charge on any atom is -0.455 e. The van der Waals surface area contributed by atoms with E-state index in [9.17, 15) is 4.79 Å². The molecule has 5 nitrogen and oxygen atoms in total. The van der Waals surface area contributed by atoms with E-state index in [-0.39, 0.29) is 17.2 Å². The van der Waals surface area contributed by atoms with Crippen LogP contribution in [0.3, 0.4) is 0 Å². The molecule has 0 heterocycles. The van der Waals surface area contributed by atoms with Gasteiger partial charge in [0, 0.05) is 11.3 Å². The summed E-state index contributed by atoms with van der Waals surface area (Å²) in [5, 5.41) is 0. The minimum absolute atomic E-state index is 0.234. The molecule has 4 aromatic rings. The molecule has 0 saturated heterocycles. The molecule has 0 radical (unpaired) electrons. The average molecular weight is 396 g/mol. The van der Waals surface area contributed by atoms with Crippen LogP contribution >= 0.6 is 0 Å². The highest BCUT2D eigenvalue weighted by atomic mass is 16.5. The van der Waals surface area contributed by atoms with Crippen molar-refractivity contribution in [3.63, 3.8) is 0 Å². The van der Waals surface area contributed by atoms with Crippen LogP contribution in [-0.2, 0) is 0 Å². The molecule has 148 valence electrons. The molecule has 4 N–H and O–H groups in total. The van der Waals surface area contributed by atoms with Crippen LogP contribution in [0.15, 0.2) is 97.1 Å². The second kappa shape index (κ2) is 8.41. The fourth-order valence-electron chi connectivity index (χ4n) is 3.02. The van der Waals surface area contributed by atoms with E-state index < -0.39 is 0 Å². The van der Waals surface area contributed by atoms with Crippen molar-refractivity contribution >= 4 is 17.2 Å². The molecule has 4 rings (SSSR count). The first-order chi connectivity index (χ1) is 14.6. The maximum atomic E-state index is 13.2. The zero-order valence-electron chi connectivity index (χ0n) is 16.1. The Kier molecular flexibility index (Phi) is 5.35. The van der Waals surface area contributed by atoms with E-state index in [1.54, 1.807) is 48.5 Å². The number of para-hydroxylation sites is 2. The molecule has 30 heavy (non-hydrogen) atoms. The van der Waals surface area contributed by atoms with Crippen LogP contribution in [-0.4, -0.2) is 5.78 Å². The second-order valence-corrected chi connectivity index (χ2v) is 6.64. The van der Waals surface area contributed by atoms with E-state index >= 15 is 0 Å². The van der Waals surface area contributed by atoms with E-state index in [0.717, 1.165) is 0 Å². The third kappa shape index (κ3) is 4.10. The number of hydrogen-bond donors (Lipinski definition) is 2. The lowest BCUT2D eigenvalue weighted by Crippen LogP contribution is -2.07. The summed E-state index contributed by atoms with van der Waals surface area (Å²) in [5.41, 5.74) is 13.8. The standard InChI is InChI=1S/C25H20N2O3/c26-18-9-7-8-17(16-18)24(28)21-14-15-22(29-19-10-3-1-4-11-19)23(27)25(21)30-20-12-5-2-6-13-20/h1-16H,26-27H2. The quantitative estimate of drug-likeness (QED) is 0.324. The molecular formula is C25H20N2O3. The summed E-state index contributed by atoms with van der Waals surface area (Å²) in [6, 6.07) is 28.5. The van der Waals surface area contributed by atoms with Crippen molar-refractivity contribution < 1.29 is 14.3 Å². The van der Waals surface area contributed by atoms with Gasteiger partial charge in [-0.3, -0.25) is 4.79 Å². The topological polar surface area (TPSA) is 87.6 Å². The monoisotopic (exact) mass is 396 g/mol. The molecule has 0 spiro atoms. The van der Waals surface area contributed by atoms with Gasteiger partial charge in [-0.25, -0.2) is 0 Å². The predicted octanol–water partition coefficient (Wildman–Crippen LogP) is 5.67. The fourth-order valence-corrected chi connectivity index (χ4v) is 3.02.